The zero-order chi connectivity index (χ0) is 14.4. The second-order valence-corrected chi connectivity index (χ2v) is 6.52. The molecule has 20 heavy (non-hydrogen) atoms. The molecule has 1 amide bonds. The van der Waals surface area contributed by atoms with Crippen LogP contribution in [0, 0.1) is 11.3 Å². The number of ether oxygens (including phenoxy) is 1. The predicted octanol–water partition coefficient (Wildman–Crippen LogP) is 2.04. The van der Waals surface area contributed by atoms with E-state index in [2.05, 4.69) is 12.2 Å². The van der Waals surface area contributed by atoms with Crippen molar-refractivity contribution >= 4 is 5.91 Å². The number of hydrogen-bond donors (Lipinski definition) is 1. The number of nitrogens with one attached hydrogen (secondary N) is 1. The first-order valence-corrected chi connectivity index (χ1v) is 8.22. The maximum absolute atomic E-state index is 13.0. The zero-order valence-electron chi connectivity index (χ0n) is 13.1. The third kappa shape index (κ3) is 3.73. The summed E-state index contributed by atoms with van der Waals surface area (Å²) < 4.78 is 5.40. The molecule has 2 aliphatic heterocycles. The molecular formula is C16H30N2O2. The minimum absolute atomic E-state index is 0.0973. The van der Waals surface area contributed by atoms with E-state index in [9.17, 15) is 4.79 Å². The van der Waals surface area contributed by atoms with Crippen LogP contribution in [-0.2, 0) is 9.53 Å². The molecule has 2 fully saturated rings. The number of nitrogens with zero attached hydrogens (tertiary/aromatic N) is 1. The van der Waals surface area contributed by atoms with Gasteiger partial charge in [-0.1, -0.05) is 13.3 Å². The van der Waals surface area contributed by atoms with E-state index >= 15 is 0 Å². The van der Waals surface area contributed by atoms with Crippen molar-refractivity contribution in [1.29, 1.82) is 0 Å². The predicted molar refractivity (Wildman–Crippen MR) is 80.6 cm³/mol. The quantitative estimate of drug-likeness (QED) is 0.839. The van der Waals surface area contributed by atoms with Gasteiger partial charge in [0.2, 0.25) is 5.91 Å². The highest BCUT2D eigenvalue weighted by atomic mass is 16.5. The van der Waals surface area contributed by atoms with Crippen molar-refractivity contribution in [2.75, 3.05) is 39.9 Å². The van der Waals surface area contributed by atoms with Crippen LogP contribution in [0.2, 0.25) is 0 Å². The van der Waals surface area contributed by atoms with Crippen LogP contribution >= 0.6 is 0 Å². The van der Waals surface area contributed by atoms with Crippen molar-refractivity contribution in [3.63, 3.8) is 0 Å². The monoisotopic (exact) mass is 282 g/mol. The summed E-state index contributed by atoms with van der Waals surface area (Å²) in [5, 5.41) is 3.39. The number of amides is 1. The lowest BCUT2D eigenvalue weighted by atomic mass is 9.74. The van der Waals surface area contributed by atoms with E-state index in [1.807, 2.05) is 11.9 Å². The van der Waals surface area contributed by atoms with Crippen molar-refractivity contribution in [3.8, 4) is 0 Å². The summed E-state index contributed by atoms with van der Waals surface area (Å²) in [6.45, 7) is 6.78. The molecule has 0 unspecified atom stereocenters. The van der Waals surface area contributed by atoms with Gasteiger partial charge in [-0.05, 0) is 51.1 Å². The Hall–Kier alpha value is -0.610. The summed E-state index contributed by atoms with van der Waals surface area (Å²) in [5.74, 6) is 1.01. The van der Waals surface area contributed by atoms with Gasteiger partial charge in [0.25, 0.3) is 0 Å². The number of carbonyl (C=O) groups excluding carboxylic acids is 1. The van der Waals surface area contributed by atoms with Gasteiger partial charge in [0.05, 0.1) is 5.41 Å². The molecule has 0 aromatic carbocycles. The fourth-order valence-corrected chi connectivity index (χ4v) is 3.76. The molecule has 2 saturated heterocycles. The van der Waals surface area contributed by atoms with Gasteiger partial charge in [-0.15, -0.1) is 0 Å². The van der Waals surface area contributed by atoms with E-state index in [0.717, 1.165) is 71.4 Å². The standard InChI is InChI=1S/C16H30N2O2/c1-3-6-16(7-9-17-10-8-16)15(19)18(2)13-14-4-11-20-12-5-14/h14,17H,3-13H2,1-2H3. The molecule has 4 nitrogen and oxygen atoms in total. The Morgan fingerprint density at radius 3 is 2.55 bits per heavy atom. The molecule has 2 rings (SSSR count). The fourth-order valence-electron chi connectivity index (χ4n) is 3.76. The van der Waals surface area contributed by atoms with Crippen molar-refractivity contribution in [3.05, 3.63) is 0 Å². The first-order valence-electron chi connectivity index (χ1n) is 8.22. The topological polar surface area (TPSA) is 41.6 Å². The lowest BCUT2D eigenvalue weighted by Crippen LogP contribution is -2.49. The molecule has 1 N–H and O–H groups in total. The minimum Gasteiger partial charge on any atom is -0.381 e. The van der Waals surface area contributed by atoms with Crippen molar-refractivity contribution in [2.45, 2.75) is 45.4 Å². The largest absolute Gasteiger partial charge is 0.381 e. The Balaban J connectivity index is 1.95. The van der Waals surface area contributed by atoms with E-state index in [1.54, 1.807) is 0 Å². The van der Waals surface area contributed by atoms with E-state index in [1.165, 1.54) is 0 Å². The van der Waals surface area contributed by atoms with Gasteiger partial charge in [-0.25, -0.2) is 0 Å². The highest BCUT2D eigenvalue weighted by Crippen LogP contribution is 2.36. The summed E-state index contributed by atoms with van der Waals surface area (Å²) in [6.07, 6.45) is 6.32. The smallest absolute Gasteiger partial charge is 0.228 e. The molecule has 0 aliphatic carbocycles. The zero-order valence-corrected chi connectivity index (χ0v) is 13.1. The molecule has 0 aromatic heterocycles. The van der Waals surface area contributed by atoms with Crippen LogP contribution in [-0.4, -0.2) is 50.7 Å². The summed E-state index contributed by atoms with van der Waals surface area (Å²) >= 11 is 0. The summed E-state index contributed by atoms with van der Waals surface area (Å²) in [6, 6.07) is 0. The maximum Gasteiger partial charge on any atom is 0.228 e. The van der Waals surface area contributed by atoms with E-state index in [-0.39, 0.29) is 5.41 Å². The van der Waals surface area contributed by atoms with Gasteiger partial charge in [-0.3, -0.25) is 4.79 Å². The van der Waals surface area contributed by atoms with Gasteiger partial charge < -0.3 is 15.0 Å². The lowest BCUT2D eigenvalue weighted by Gasteiger charge is -2.40. The molecule has 0 spiro atoms. The third-order valence-electron chi connectivity index (χ3n) is 4.96. The Morgan fingerprint density at radius 2 is 1.95 bits per heavy atom. The molecule has 0 atom stereocenters. The lowest BCUT2D eigenvalue weighted by molar-refractivity contribution is -0.144. The fraction of sp³-hybridized carbons (Fsp3) is 0.938. The number of rotatable bonds is 5. The second-order valence-electron chi connectivity index (χ2n) is 6.52. The Morgan fingerprint density at radius 1 is 1.30 bits per heavy atom. The number of piperidine rings is 1. The molecule has 0 radical (unpaired) electrons. The van der Waals surface area contributed by atoms with Crippen molar-refractivity contribution in [2.24, 2.45) is 11.3 Å². The molecule has 4 heteroatoms. The summed E-state index contributed by atoms with van der Waals surface area (Å²) in [5.41, 5.74) is -0.0973. The number of carbonyl (C=O) groups is 1. The van der Waals surface area contributed by atoms with Crippen molar-refractivity contribution < 1.29 is 9.53 Å². The van der Waals surface area contributed by atoms with Crippen LogP contribution in [0.25, 0.3) is 0 Å². The molecule has 116 valence electrons. The maximum atomic E-state index is 13.0. The van der Waals surface area contributed by atoms with E-state index < -0.39 is 0 Å². The Labute approximate surface area is 123 Å². The van der Waals surface area contributed by atoms with E-state index in [0.29, 0.717) is 11.8 Å². The van der Waals surface area contributed by atoms with Crippen LogP contribution in [0.15, 0.2) is 0 Å². The van der Waals surface area contributed by atoms with Crippen LogP contribution in [0.5, 0.6) is 0 Å². The average Bonchev–Trinajstić information content (AvgIpc) is 2.48. The van der Waals surface area contributed by atoms with Crippen LogP contribution < -0.4 is 5.32 Å². The van der Waals surface area contributed by atoms with Gasteiger partial charge in [0.1, 0.15) is 0 Å². The van der Waals surface area contributed by atoms with Gasteiger partial charge in [-0.2, -0.15) is 0 Å². The molecule has 0 bridgehead atoms. The molecule has 0 saturated carbocycles. The SMILES string of the molecule is CCCC1(C(=O)N(C)CC2CCOCC2)CCNCC1. The molecule has 0 aromatic rings. The second kappa shape index (κ2) is 7.41. The first-order chi connectivity index (χ1) is 9.68. The Kier molecular flexibility index (Phi) is 5.85. The van der Waals surface area contributed by atoms with Gasteiger partial charge in [0.15, 0.2) is 0 Å². The highest BCUT2D eigenvalue weighted by molar-refractivity contribution is 5.82. The van der Waals surface area contributed by atoms with Crippen LogP contribution in [0.3, 0.4) is 0 Å². The summed E-state index contributed by atoms with van der Waals surface area (Å²) in [7, 11) is 2.00. The molecular weight excluding hydrogens is 252 g/mol. The van der Waals surface area contributed by atoms with Crippen LogP contribution in [0.4, 0.5) is 0 Å². The molecule has 2 aliphatic rings. The van der Waals surface area contributed by atoms with Crippen molar-refractivity contribution in [1.82, 2.24) is 10.2 Å². The van der Waals surface area contributed by atoms with Gasteiger partial charge in [0, 0.05) is 26.8 Å². The van der Waals surface area contributed by atoms with Crippen LogP contribution in [0.1, 0.15) is 45.4 Å². The normalized spacial score (nSPS) is 23.5. The minimum atomic E-state index is -0.0973. The highest BCUT2D eigenvalue weighted by Gasteiger charge is 2.40. The summed E-state index contributed by atoms with van der Waals surface area (Å²) in [4.78, 5) is 15.0. The number of hydrogen-bond acceptors (Lipinski definition) is 3. The van der Waals surface area contributed by atoms with Gasteiger partial charge >= 0.3 is 0 Å². The van der Waals surface area contributed by atoms with E-state index in [4.69, 9.17) is 4.74 Å². The first kappa shape index (κ1) is 15.8. The Bertz CT molecular complexity index is 302. The average molecular weight is 282 g/mol. The third-order valence-corrected chi connectivity index (χ3v) is 4.96. The molecule has 2 heterocycles.